The Morgan fingerprint density at radius 1 is 1.50 bits per heavy atom. The third kappa shape index (κ3) is 2730. The van der Waals surface area contributed by atoms with Gasteiger partial charge in [0.05, 0.1) is 0 Å². The van der Waals surface area contributed by atoms with E-state index >= 15 is 0 Å². The third-order valence-corrected chi connectivity index (χ3v) is 0. The van der Waals surface area contributed by atoms with Crippen molar-refractivity contribution in [2.24, 2.45) is 0 Å². The van der Waals surface area contributed by atoms with Gasteiger partial charge in [-0.1, -0.05) is 11.1 Å². The molecular formula is C4H9O3S-. The maximum atomic E-state index is 9.44. The van der Waals surface area contributed by atoms with Crippen molar-refractivity contribution in [1.29, 1.82) is 0 Å². The monoisotopic (exact) mass is 137 g/mol. The normalized spacial score (nSPS) is 11.0. The van der Waals surface area contributed by atoms with Crippen LogP contribution >= 0.6 is 0 Å². The average molecular weight is 137 g/mol. The van der Waals surface area contributed by atoms with E-state index < -0.39 is 11.1 Å². The van der Waals surface area contributed by atoms with Crippen molar-refractivity contribution < 1.29 is 13.6 Å². The standard InChI is InChI=1S/C3H6O.CH4O2S/c1-3(2)4;1-4(2)3/h1-2H3;1H3,(H,2,3)/p-1. The van der Waals surface area contributed by atoms with Gasteiger partial charge >= 0.3 is 0 Å². The second-order valence-corrected chi connectivity index (χ2v) is 2.11. The predicted octanol–water partition coefficient (Wildman–Crippen LogP) is 0.0906. The molecule has 0 saturated carbocycles. The molecule has 0 bridgehead atoms. The SMILES string of the molecule is CC(C)=O.CS(=O)[O-]. The Balaban J connectivity index is 0. The van der Waals surface area contributed by atoms with Crippen LogP contribution in [0.3, 0.4) is 0 Å². The van der Waals surface area contributed by atoms with Gasteiger partial charge in [0.2, 0.25) is 0 Å². The summed E-state index contributed by atoms with van der Waals surface area (Å²) in [6.45, 7) is 3.06. The molecule has 0 saturated heterocycles. The lowest BCUT2D eigenvalue weighted by Crippen LogP contribution is -1.73. The van der Waals surface area contributed by atoms with E-state index in [1.54, 1.807) is 0 Å². The molecule has 0 aromatic carbocycles. The second-order valence-electron chi connectivity index (χ2n) is 1.31. The first-order chi connectivity index (χ1) is 3.46. The molecule has 0 heterocycles. The van der Waals surface area contributed by atoms with Crippen molar-refractivity contribution in [2.75, 3.05) is 6.26 Å². The Bertz CT molecular complexity index is 69.3. The zero-order valence-electron chi connectivity index (χ0n) is 5.13. The van der Waals surface area contributed by atoms with Gasteiger partial charge in [-0.3, -0.25) is 4.21 Å². The molecule has 1 unspecified atom stereocenters. The van der Waals surface area contributed by atoms with Crippen molar-refractivity contribution >= 4 is 16.9 Å². The molecule has 0 radical (unpaired) electrons. The topological polar surface area (TPSA) is 57.2 Å². The molecule has 8 heavy (non-hydrogen) atoms. The number of hydrogen-bond donors (Lipinski definition) is 0. The largest absolute Gasteiger partial charge is 0.773 e. The van der Waals surface area contributed by atoms with E-state index in [1.165, 1.54) is 13.8 Å². The molecule has 0 aliphatic carbocycles. The fourth-order valence-electron chi connectivity index (χ4n) is 0. The number of hydrogen-bond acceptors (Lipinski definition) is 3. The Kier molecular flexibility index (Phi) is 9.07. The van der Waals surface area contributed by atoms with Crippen molar-refractivity contribution in [3.8, 4) is 0 Å². The Labute approximate surface area is 51.4 Å². The van der Waals surface area contributed by atoms with E-state index in [1.807, 2.05) is 0 Å². The zero-order valence-corrected chi connectivity index (χ0v) is 5.95. The Morgan fingerprint density at radius 3 is 1.50 bits per heavy atom. The molecule has 0 N–H and O–H groups in total. The summed E-state index contributed by atoms with van der Waals surface area (Å²) in [5.74, 6) is 0.167. The molecule has 0 aliphatic heterocycles. The summed E-state index contributed by atoms with van der Waals surface area (Å²) < 4.78 is 18.0. The molecule has 3 nitrogen and oxygen atoms in total. The first kappa shape index (κ1) is 10.7. The number of rotatable bonds is 0. The van der Waals surface area contributed by atoms with E-state index in [-0.39, 0.29) is 5.78 Å². The number of carbonyl (C=O) groups excluding carboxylic acids is 1. The average Bonchev–Trinajstić information content (AvgIpc) is 1.25. The van der Waals surface area contributed by atoms with Gasteiger partial charge in [0, 0.05) is 0 Å². The highest BCUT2D eigenvalue weighted by Crippen LogP contribution is 1.50. The van der Waals surface area contributed by atoms with Crippen LogP contribution in [0.4, 0.5) is 0 Å². The van der Waals surface area contributed by atoms with Crippen LogP contribution in [0.15, 0.2) is 0 Å². The van der Waals surface area contributed by atoms with Crippen LogP contribution in [0.2, 0.25) is 0 Å². The minimum absolute atomic E-state index is 0.167. The summed E-state index contributed by atoms with van der Waals surface area (Å²) in [4.78, 5) is 9.44. The van der Waals surface area contributed by atoms with Gasteiger partial charge in [-0.15, -0.1) is 0 Å². The predicted molar refractivity (Wildman–Crippen MR) is 31.2 cm³/mol. The Morgan fingerprint density at radius 2 is 1.50 bits per heavy atom. The van der Waals surface area contributed by atoms with Gasteiger partial charge in [-0.05, 0) is 20.1 Å². The summed E-state index contributed by atoms with van der Waals surface area (Å²) in [6, 6.07) is 0. The fraction of sp³-hybridized carbons (Fsp3) is 0.750. The molecule has 0 aromatic rings. The zero-order chi connectivity index (χ0) is 7.15. The number of ketones is 1. The van der Waals surface area contributed by atoms with Crippen LogP contribution in [-0.4, -0.2) is 20.8 Å². The smallest absolute Gasteiger partial charge is 0.126 e. The maximum Gasteiger partial charge on any atom is 0.126 e. The highest BCUT2D eigenvalue weighted by molar-refractivity contribution is 7.78. The molecule has 0 rings (SSSR count). The van der Waals surface area contributed by atoms with E-state index in [0.29, 0.717) is 0 Å². The van der Waals surface area contributed by atoms with Gasteiger partial charge in [0.1, 0.15) is 5.78 Å². The lowest BCUT2D eigenvalue weighted by Gasteiger charge is -1.85. The maximum absolute atomic E-state index is 9.44. The number of carbonyl (C=O) groups is 1. The highest BCUT2D eigenvalue weighted by Gasteiger charge is 1.62. The summed E-state index contributed by atoms with van der Waals surface area (Å²) in [7, 11) is 0. The van der Waals surface area contributed by atoms with Crippen LogP contribution in [-0.2, 0) is 15.9 Å². The molecule has 50 valence electrons. The molecule has 4 heteroatoms. The molecule has 1 atom stereocenters. The van der Waals surface area contributed by atoms with Crippen LogP contribution in [0, 0.1) is 0 Å². The van der Waals surface area contributed by atoms with Crippen LogP contribution in [0.25, 0.3) is 0 Å². The van der Waals surface area contributed by atoms with Crippen LogP contribution in [0.5, 0.6) is 0 Å². The second kappa shape index (κ2) is 6.78. The lowest BCUT2D eigenvalue weighted by molar-refractivity contribution is -0.114. The van der Waals surface area contributed by atoms with E-state index in [2.05, 4.69) is 0 Å². The summed E-state index contributed by atoms with van der Waals surface area (Å²) in [5.41, 5.74) is 0. The van der Waals surface area contributed by atoms with E-state index in [4.69, 9.17) is 8.76 Å². The van der Waals surface area contributed by atoms with Gasteiger partial charge < -0.3 is 9.35 Å². The fourth-order valence-corrected chi connectivity index (χ4v) is 0. The Hall–Kier alpha value is -0.220. The van der Waals surface area contributed by atoms with E-state index in [9.17, 15) is 4.79 Å². The molecule has 0 spiro atoms. The number of Topliss-reactive ketones (excluding diaryl/α,β-unsaturated/α-hetero) is 1. The third-order valence-electron chi connectivity index (χ3n) is 0. The summed E-state index contributed by atoms with van der Waals surface area (Å²) in [6.07, 6.45) is 1.08. The van der Waals surface area contributed by atoms with Gasteiger partial charge in [-0.2, -0.15) is 0 Å². The molecule has 0 aliphatic rings. The molecular weight excluding hydrogens is 128 g/mol. The summed E-state index contributed by atoms with van der Waals surface area (Å²) in [5, 5.41) is 0. The summed E-state index contributed by atoms with van der Waals surface area (Å²) >= 11 is -1.86. The van der Waals surface area contributed by atoms with Gasteiger partial charge in [-0.25, -0.2) is 0 Å². The molecule has 0 amide bonds. The van der Waals surface area contributed by atoms with Crippen LogP contribution in [0.1, 0.15) is 13.8 Å². The van der Waals surface area contributed by atoms with E-state index in [0.717, 1.165) is 6.26 Å². The minimum Gasteiger partial charge on any atom is -0.773 e. The highest BCUT2D eigenvalue weighted by atomic mass is 32.2. The van der Waals surface area contributed by atoms with Crippen LogP contribution < -0.4 is 0 Å². The van der Waals surface area contributed by atoms with Crippen molar-refractivity contribution in [3.05, 3.63) is 0 Å². The van der Waals surface area contributed by atoms with Crippen molar-refractivity contribution in [1.82, 2.24) is 0 Å². The molecule has 0 fully saturated rings. The first-order valence-corrected chi connectivity index (χ1v) is 3.43. The van der Waals surface area contributed by atoms with Gasteiger partial charge in [0.25, 0.3) is 0 Å². The molecule has 0 aromatic heterocycles. The van der Waals surface area contributed by atoms with Crippen molar-refractivity contribution in [2.45, 2.75) is 13.8 Å². The van der Waals surface area contributed by atoms with Gasteiger partial charge in [0.15, 0.2) is 0 Å². The quantitative estimate of drug-likeness (QED) is 0.444. The van der Waals surface area contributed by atoms with Crippen molar-refractivity contribution in [3.63, 3.8) is 0 Å². The lowest BCUT2D eigenvalue weighted by atomic mass is 10.6. The first-order valence-electron chi connectivity index (χ1n) is 1.95. The minimum atomic E-state index is -1.86.